The summed E-state index contributed by atoms with van der Waals surface area (Å²) in [6.07, 6.45) is 6.91. The van der Waals surface area contributed by atoms with Gasteiger partial charge in [0.25, 0.3) is 0 Å². The van der Waals surface area contributed by atoms with Crippen LogP contribution in [0.25, 0.3) is 0 Å². The predicted molar refractivity (Wildman–Crippen MR) is 99.0 cm³/mol. The van der Waals surface area contributed by atoms with Crippen LogP contribution in [0.15, 0.2) is 28.1 Å². The first-order valence-electron chi connectivity index (χ1n) is 8.91. The van der Waals surface area contributed by atoms with Gasteiger partial charge in [-0.3, -0.25) is 9.36 Å². The van der Waals surface area contributed by atoms with Crippen molar-refractivity contribution in [3.05, 3.63) is 33.8 Å². The molecule has 1 aliphatic heterocycles. The fourth-order valence-corrected chi connectivity index (χ4v) is 3.55. The van der Waals surface area contributed by atoms with Crippen molar-refractivity contribution in [2.75, 3.05) is 0 Å². The van der Waals surface area contributed by atoms with E-state index in [4.69, 9.17) is 16.3 Å². The highest BCUT2D eigenvalue weighted by Crippen LogP contribution is 2.37. The molecule has 0 saturated heterocycles. The molecule has 4 rings (SSSR count). The predicted octanol–water partition coefficient (Wildman–Crippen LogP) is 3.96. The van der Waals surface area contributed by atoms with Gasteiger partial charge in [-0.25, -0.2) is 15.3 Å². The lowest BCUT2D eigenvalue weighted by atomic mass is 10.1. The highest BCUT2D eigenvalue weighted by molar-refractivity contribution is 6.30. The number of pyridine rings is 1. The zero-order valence-corrected chi connectivity index (χ0v) is 15.2. The summed E-state index contributed by atoms with van der Waals surface area (Å²) < 4.78 is 7.60. The minimum absolute atomic E-state index is 0.164. The lowest BCUT2D eigenvalue weighted by molar-refractivity contribution is 0.399. The molecular formula is C18H19ClN5O2. The second kappa shape index (κ2) is 7.07. The third-order valence-corrected chi connectivity index (χ3v) is 4.92. The van der Waals surface area contributed by atoms with Crippen molar-refractivity contribution < 1.29 is 4.74 Å². The molecule has 1 fully saturated rings. The van der Waals surface area contributed by atoms with E-state index in [2.05, 4.69) is 20.3 Å². The summed E-state index contributed by atoms with van der Waals surface area (Å²) in [5.74, 6) is 1.95. The Kier molecular flexibility index (Phi) is 4.63. The summed E-state index contributed by atoms with van der Waals surface area (Å²) in [6, 6.07) is 3.56. The first-order valence-corrected chi connectivity index (χ1v) is 9.28. The van der Waals surface area contributed by atoms with E-state index >= 15 is 0 Å². The largest absolute Gasteiger partial charge is 0.422 e. The van der Waals surface area contributed by atoms with E-state index in [0.29, 0.717) is 29.7 Å². The number of aliphatic imine (C=N–C) groups is 1. The van der Waals surface area contributed by atoms with E-state index in [1.54, 1.807) is 22.9 Å². The van der Waals surface area contributed by atoms with Crippen LogP contribution in [0.2, 0.25) is 5.15 Å². The molecule has 0 atom stereocenters. The number of hydrogen-bond acceptors (Lipinski definition) is 5. The normalized spacial score (nSPS) is 16.3. The quantitative estimate of drug-likeness (QED) is 0.743. The van der Waals surface area contributed by atoms with Crippen LogP contribution in [0.3, 0.4) is 0 Å². The molecule has 1 saturated carbocycles. The third kappa shape index (κ3) is 3.07. The summed E-state index contributed by atoms with van der Waals surface area (Å²) >= 11 is 6.07. The van der Waals surface area contributed by atoms with Crippen LogP contribution in [0.1, 0.15) is 39.0 Å². The van der Waals surface area contributed by atoms with E-state index < -0.39 is 5.56 Å². The molecule has 26 heavy (non-hydrogen) atoms. The van der Waals surface area contributed by atoms with Crippen molar-refractivity contribution in [3.8, 4) is 11.8 Å². The number of ether oxygens (including phenoxy) is 1. The van der Waals surface area contributed by atoms with Crippen LogP contribution in [0.4, 0.5) is 11.5 Å². The fourth-order valence-electron chi connectivity index (χ4n) is 3.39. The Morgan fingerprint density at radius 1 is 1.35 bits per heavy atom. The maximum atomic E-state index is 12.5. The lowest BCUT2D eigenvalue weighted by Gasteiger charge is -2.14. The Morgan fingerprint density at radius 3 is 2.88 bits per heavy atom. The van der Waals surface area contributed by atoms with E-state index in [1.165, 1.54) is 12.8 Å². The number of hydrogen-bond donors (Lipinski definition) is 0. The highest BCUT2D eigenvalue weighted by Gasteiger charge is 2.31. The van der Waals surface area contributed by atoms with Gasteiger partial charge in [-0.1, -0.05) is 31.4 Å². The van der Waals surface area contributed by atoms with Crippen LogP contribution >= 0.6 is 11.6 Å². The summed E-state index contributed by atoms with van der Waals surface area (Å²) in [5.41, 5.74) is -0.121. The molecule has 1 radical (unpaired) electrons. The Balaban J connectivity index is 1.76. The summed E-state index contributed by atoms with van der Waals surface area (Å²) in [6.45, 7) is 2.65. The second-order valence-corrected chi connectivity index (χ2v) is 6.84. The second-order valence-electron chi connectivity index (χ2n) is 6.48. The van der Waals surface area contributed by atoms with Crippen LogP contribution in [-0.2, 0) is 6.54 Å². The van der Waals surface area contributed by atoms with Gasteiger partial charge in [0, 0.05) is 18.7 Å². The molecule has 3 heterocycles. The number of fused-ring (bicyclic) bond motifs is 1. The average Bonchev–Trinajstić information content (AvgIpc) is 3.30. The zero-order valence-electron chi connectivity index (χ0n) is 14.5. The standard InChI is InChI=1S/C18H19ClN5O2/c1-2-10-24-16-13(21-15(22-16)11-6-3-4-7-11)17(25)23-18(24)26-12-8-5-9-20-14(12)19/h5,8-9,11H,2-4,6-7,10H2,1H3. The Labute approximate surface area is 156 Å². The van der Waals surface area contributed by atoms with Gasteiger partial charge in [-0.15, -0.1) is 0 Å². The Bertz CT molecular complexity index is 918. The van der Waals surface area contributed by atoms with E-state index in [9.17, 15) is 4.79 Å². The van der Waals surface area contributed by atoms with Crippen LogP contribution in [0.5, 0.6) is 11.8 Å². The number of amidine groups is 1. The van der Waals surface area contributed by atoms with Gasteiger partial charge in [0.2, 0.25) is 0 Å². The lowest BCUT2D eigenvalue weighted by Crippen LogP contribution is -2.21. The van der Waals surface area contributed by atoms with E-state index in [-0.39, 0.29) is 11.2 Å². The van der Waals surface area contributed by atoms with Gasteiger partial charge in [0.1, 0.15) is 5.84 Å². The van der Waals surface area contributed by atoms with Crippen molar-refractivity contribution in [2.45, 2.75) is 45.6 Å². The molecule has 0 unspecified atom stereocenters. The summed E-state index contributed by atoms with van der Waals surface area (Å²) in [4.78, 5) is 25.3. The van der Waals surface area contributed by atoms with Gasteiger partial charge >= 0.3 is 11.6 Å². The molecule has 7 nitrogen and oxygen atoms in total. The molecule has 2 aromatic rings. The smallest absolute Gasteiger partial charge is 0.307 e. The SMILES string of the molecule is CCCn1c(Oc2cccnc2Cl)nc(=O)c2c1N=C(C1CCCC1)[N]2. The molecule has 2 aliphatic rings. The number of rotatable bonds is 5. The highest BCUT2D eigenvalue weighted by atomic mass is 35.5. The van der Waals surface area contributed by atoms with E-state index in [1.807, 2.05) is 6.92 Å². The van der Waals surface area contributed by atoms with Gasteiger partial charge in [-0.05, 0) is 31.4 Å². The van der Waals surface area contributed by atoms with Crippen molar-refractivity contribution in [1.82, 2.24) is 19.9 Å². The first-order chi connectivity index (χ1) is 12.7. The van der Waals surface area contributed by atoms with Crippen LogP contribution in [0, 0.1) is 5.92 Å². The molecular weight excluding hydrogens is 354 g/mol. The maximum absolute atomic E-state index is 12.5. The van der Waals surface area contributed by atoms with Gasteiger partial charge in [0.15, 0.2) is 22.4 Å². The number of aromatic nitrogens is 3. The average molecular weight is 373 g/mol. The molecule has 0 aromatic carbocycles. The number of nitrogens with zero attached hydrogens (tertiary/aromatic N) is 5. The summed E-state index contributed by atoms with van der Waals surface area (Å²) in [7, 11) is 0. The Morgan fingerprint density at radius 2 is 2.15 bits per heavy atom. The van der Waals surface area contributed by atoms with Gasteiger partial charge < -0.3 is 4.74 Å². The minimum Gasteiger partial charge on any atom is -0.422 e. The monoisotopic (exact) mass is 372 g/mol. The first kappa shape index (κ1) is 17.0. The van der Waals surface area contributed by atoms with Crippen molar-refractivity contribution in [2.24, 2.45) is 10.9 Å². The topological polar surface area (TPSA) is 83.5 Å². The molecule has 1 aliphatic carbocycles. The maximum Gasteiger partial charge on any atom is 0.307 e. The minimum atomic E-state index is -0.431. The van der Waals surface area contributed by atoms with Gasteiger partial charge in [0.05, 0.1) is 0 Å². The molecule has 8 heteroatoms. The summed E-state index contributed by atoms with van der Waals surface area (Å²) in [5, 5.41) is 4.72. The molecule has 0 bridgehead atoms. The Hall–Kier alpha value is -2.41. The zero-order chi connectivity index (χ0) is 18.1. The molecule has 2 aromatic heterocycles. The molecule has 0 amide bonds. The molecule has 135 valence electrons. The molecule has 0 N–H and O–H groups in total. The van der Waals surface area contributed by atoms with Crippen molar-refractivity contribution in [3.63, 3.8) is 0 Å². The van der Waals surface area contributed by atoms with Gasteiger partial charge in [-0.2, -0.15) is 4.98 Å². The van der Waals surface area contributed by atoms with Crippen LogP contribution in [-0.4, -0.2) is 20.4 Å². The molecule has 0 spiro atoms. The van der Waals surface area contributed by atoms with Crippen molar-refractivity contribution >= 4 is 28.9 Å². The van der Waals surface area contributed by atoms with E-state index in [0.717, 1.165) is 25.1 Å². The fraction of sp³-hybridized carbons (Fsp3) is 0.444. The van der Waals surface area contributed by atoms with Crippen LogP contribution < -0.4 is 15.6 Å². The third-order valence-electron chi connectivity index (χ3n) is 4.64. The van der Waals surface area contributed by atoms with Crippen molar-refractivity contribution in [1.29, 1.82) is 0 Å². The number of halogens is 1.